The predicted molar refractivity (Wildman–Crippen MR) is 56.2 cm³/mol. The van der Waals surface area contributed by atoms with Crippen molar-refractivity contribution in [2.45, 2.75) is 47.0 Å². The van der Waals surface area contributed by atoms with Crippen LogP contribution in [0.4, 0.5) is 0 Å². The minimum absolute atomic E-state index is 0.681. The van der Waals surface area contributed by atoms with Crippen molar-refractivity contribution in [3.05, 3.63) is 17.9 Å². The molecule has 0 saturated heterocycles. The summed E-state index contributed by atoms with van der Waals surface area (Å²) in [6, 6.07) is 0. The van der Waals surface area contributed by atoms with Crippen molar-refractivity contribution < 1.29 is 0 Å². The van der Waals surface area contributed by atoms with Crippen LogP contribution in [0.1, 0.15) is 47.0 Å². The fraction of sp³-hybridized carbons (Fsp3) is 0.750. The summed E-state index contributed by atoms with van der Waals surface area (Å²) >= 11 is 0. The maximum Gasteiger partial charge on any atom is -0.0189 e. The molecule has 0 spiro atoms. The van der Waals surface area contributed by atoms with Gasteiger partial charge in [0, 0.05) is 0 Å². The van der Waals surface area contributed by atoms with Crippen molar-refractivity contribution in [3.8, 4) is 0 Å². The maximum atomic E-state index is 3.24. The van der Waals surface area contributed by atoms with Crippen LogP contribution in [0.2, 0.25) is 0 Å². The fourth-order valence-corrected chi connectivity index (χ4v) is 0.850. The molecule has 0 rings (SSSR count). The van der Waals surface area contributed by atoms with Gasteiger partial charge in [0.05, 0.1) is 0 Å². The van der Waals surface area contributed by atoms with Gasteiger partial charge >= 0.3 is 0 Å². The molecular formula is C12H22. The average Bonchev–Trinajstić information content (AvgIpc) is 2.03. The van der Waals surface area contributed by atoms with Gasteiger partial charge in [0.1, 0.15) is 0 Å². The van der Waals surface area contributed by atoms with E-state index in [-0.39, 0.29) is 0 Å². The minimum Gasteiger partial charge on any atom is -0.129 e. The molecule has 0 heterocycles. The molecule has 1 unspecified atom stereocenters. The van der Waals surface area contributed by atoms with E-state index in [0.29, 0.717) is 5.92 Å². The topological polar surface area (TPSA) is 0 Å². The van der Waals surface area contributed by atoms with Crippen LogP contribution in [0.25, 0.3) is 0 Å². The van der Waals surface area contributed by atoms with Crippen molar-refractivity contribution in [3.63, 3.8) is 0 Å². The number of allylic oxidation sites excluding steroid dienone is 1. The molecule has 1 atom stereocenters. The average molecular weight is 166 g/mol. The Kier molecular flexibility index (Phi) is 6.90. The van der Waals surface area contributed by atoms with E-state index in [4.69, 9.17) is 0 Å². The lowest BCUT2D eigenvalue weighted by molar-refractivity contribution is 0.594. The molecule has 0 aromatic carbocycles. The third-order valence-corrected chi connectivity index (χ3v) is 2.03. The van der Waals surface area contributed by atoms with Crippen LogP contribution in [0.5, 0.6) is 0 Å². The highest BCUT2D eigenvalue weighted by atomic mass is 14.0. The van der Waals surface area contributed by atoms with Crippen molar-refractivity contribution in [2.24, 2.45) is 11.8 Å². The normalized spacial score (nSPS) is 12.4. The summed E-state index contributed by atoms with van der Waals surface area (Å²) in [5.41, 5.74) is 3.24. The molecule has 0 amide bonds. The molecule has 0 heteroatoms. The molecule has 0 aromatic heterocycles. The van der Waals surface area contributed by atoms with Crippen LogP contribution in [0, 0.1) is 11.8 Å². The minimum atomic E-state index is 0.681. The Labute approximate surface area is 77.4 Å². The van der Waals surface area contributed by atoms with Crippen LogP contribution in [0.15, 0.2) is 17.9 Å². The summed E-state index contributed by atoms with van der Waals surface area (Å²) in [5, 5.41) is 0. The SMILES string of the molecule is CCC(C)C=C=CCCC(C)C. The third-order valence-electron chi connectivity index (χ3n) is 2.03. The largest absolute Gasteiger partial charge is 0.129 e. The first-order chi connectivity index (χ1) is 5.66. The van der Waals surface area contributed by atoms with E-state index in [2.05, 4.69) is 45.6 Å². The first kappa shape index (κ1) is 11.5. The van der Waals surface area contributed by atoms with Gasteiger partial charge in [0.15, 0.2) is 0 Å². The van der Waals surface area contributed by atoms with Crippen LogP contribution in [-0.2, 0) is 0 Å². The first-order valence-electron chi connectivity index (χ1n) is 5.07. The zero-order valence-corrected chi connectivity index (χ0v) is 8.93. The van der Waals surface area contributed by atoms with E-state index in [1.165, 1.54) is 19.3 Å². The van der Waals surface area contributed by atoms with Crippen molar-refractivity contribution in [1.29, 1.82) is 0 Å². The summed E-state index contributed by atoms with van der Waals surface area (Å²) in [6.45, 7) is 8.94. The lowest BCUT2D eigenvalue weighted by atomic mass is 10.1. The van der Waals surface area contributed by atoms with E-state index < -0.39 is 0 Å². The van der Waals surface area contributed by atoms with Gasteiger partial charge in [-0.1, -0.05) is 27.7 Å². The summed E-state index contributed by atoms with van der Waals surface area (Å²) in [5.74, 6) is 1.49. The lowest BCUT2D eigenvalue weighted by Gasteiger charge is -1.98. The van der Waals surface area contributed by atoms with Gasteiger partial charge in [0.2, 0.25) is 0 Å². The van der Waals surface area contributed by atoms with E-state index in [1.54, 1.807) is 0 Å². The second kappa shape index (κ2) is 7.18. The number of hydrogen-bond donors (Lipinski definition) is 0. The summed E-state index contributed by atoms with van der Waals surface area (Å²) < 4.78 is 0. The Morgan fingerprint density at radius 3 is 2.42 bits per heavy atom. The van der Waals surface area contributed by atoms with Crippen LogP contribution >= 0.6 is 0 Å². The van der Waals surface area contributed by atoms with Gasteiger partial charge in [-0.15, -0.1) is 5.73 Å². The van der Waals surface area contributed by atoms with Crippen molar-refractivity contribution in [2.75, 3.05) is 0 Å². The molecule has 0 aliphatic heterocycles. The summed E-state index contributed by atoms with van der Waals surface area (Å²) in [7, 11) is 0. The van der Waals surface area contributed by atoms with E-state index >= 15 is 0 Å². The highest BCUT2D eigenvalue weighted by Gasteiger charge is 1.89. The zero-order valence-electron chi connectivity index (χ0n) is 8.93. The van der Waals surface area contributed by atoms with Gasteiger partial charge in [-0.25, -0.2) is 0 Å². The second-order valence-corrected chi connectivity index (χ2v) is 3.89. The van der Waals surface area contributed by atoms with E-state index in [0.717, 1.165) is 5.92 Å². The van der Waals surface area contributed by atoms with Gasteiger partial charge in [0.25, 0.3) is 0 Å². The quantitative estimate of drug-likeness (QED) is 0.537. The zero-order chi connectivity index (χ0) is 9.40. The molecule has 0 aromatic rings. The summed E-state index contributed by atoms with van der Waals surface area (Å²) in [4.78, 5) is 0. The Balaban J connectivity index is 3.53. The van der Waals surface area contributed by atoms with Crippen molar-refractivity contribution >= 4 is 0 Å². The number of hydrogen-bond acceptors (Lipinski definition) is 0. The van der Waals surface area contributed by atoms with Gasteiger partial charge in [-0.3, -0.25) is 0 Å². The lowest BCUT2D eigenvalue weighted by Crippen LogP contribution is -1.84. The Morgan fingerprint density at radius 1 is 1.25 bits per heavy atom. The third kappa shape index (κ3) is 7.63. The van der Waals surface area contributed by atoms with E-state index in [1.807, 2.05) is 0 Å². The molecule has 0 aliphatic carbocycles. The Morgan fingerprint density at radius 2 is 1.92 bits per heavy atom. The predicted octanol–water partition coefficient (Wildman–Crippen LogP) is 4.18. The molecule has 0 radical (unpaired) electrons. The standard InChI is InChI=1S/C12H22/c1-5-12(4)10-8-6-7-9-11(2)3/h6,10-12H,5,7,9H2,1-4H3. The molecule has 0 aliphatic rings. The second-order valence-electron chi connectivity index (χ2n) is 3.89. The highest BCUT2D eigenvalue weighted by Crippen LogP contribution is 2.04. The van der Waals surface area contributed by atoms with Gasteiger partial charge < -0.3 is 0 Å². The maximum absolute atomic E-state index is 3.24. The van der Waals surface area contributed by atoms with Crippen LogP contribution in [0.3, 0.4) is 0 Å². The Hall–Kier alpha value is -0.480. The molecule has 70 valence electrons. The first-order valence-corrected chi connectivity index (χ1v) is 5.07. The molecular weight excluding hydrogens is 144 g/mol. The smallest absolute Gasteiger partial charge is 0.0189 e. The van der Waals surface area contributed by atoms with Gasteiger partial charge in [-0.2, -0.15) is 0 Å². The Bertz CT molecular complexity index is 147. The molecule has 0 N–H and O–H groups in total. The molecule has 0 saturated carbocycles. The van der Waals surface area contributed by atoms with Crippen molar-refractivity contribution in [1.82, 2.24) is 0 Å². The molecule has 0 bridgehead atoms. The van der Waals surface area contributed by atoms with Gasteiger partial charge in [-0.05, 0) is 43.3 Å². The summed E-state index contributed by atoms with van der Waals surface area (Å²) in [6.07, 6.45) is 7.99. The highest BCUT2D eigenvalue weighted by molar-refractivity contribution is 4.87. The monoisotopic (exact) mass is 166 g/mol. The molecule has 12 heavy (non-hydrogen) atoms. The van der Waals surface area contributed by atoms with Crippen LogP contribution in [-0.4, -0.2) is 0 Å². The van der Waals surface area contributed by atoms with E-state index in [9.17, 15) is 0 Å². The number of rotatable bonds is 5. The molecule has 0 fully saturated rings. The molecule has 0 nitrogen and oxygen atoms in total. The fourth-order valence-electron chi connectivity index (χ4n) is 0.850. The van der Waals surface area contributed by atoms with Crippen LogP contribution < -0.4 is 0 Å².